The van der Waals surface area contributed by atoms with Crippen molar-refractivity contribution >= 4 is 15.7 Å². The van der Waals surface area contributed by atoms with E-state index in [4.69, 9.17) is 10.8 Å². The molecular formula is C11H18N2O3S. The molecule has 6 heteroatoms. The SMILES string of the molecule is Cc1cc(N)ccc1S(=O)(=O)N(C)CCCO. The molecule has 0 fully saturated rings. The molecule has 0 spiro atoms. The fraction of sp³-hybridized carbons (Fsp3) is 0.455. The third-order valence-corrected chi connectivity index (χ3v) is 4.54. The maximum atomic E-state index is 12.2. The second kappa shape index (κ2) is 5.48. The molecule has 3 N–H and O–H groups in total. The number of aliphatic hydroxyl groups excluding tert-OH is 1. The lowest BCUT2D eigenvalue weighted by Crippen LogP contribution is -2.29. The van der Waals surface area contributed by atoms with E-state index in [9.17, 15) is 8.42 Å². The Hall–Kier alpha value is -1.11. The van der Waals surface area contributed by atoms with Crippen molar-refractivity contribution < 1.29 is 13.5 Å². The first-order chi connectivity index (χ1) is 7.89. The summed E-state index contributed by atoms with van der Waals surface area (Å²) in [6.07, 6.45) is 0.420. The highest BCUT2D eigenvalue weighted by Crippen LogP contribution is 2.21. The van der Waals surface area contributed by atoms with Crippen molar-refractivity contribution in [3.63, 3.8) is 0 Å². The van der Waals surface area contributed by atoms with Crippen LogP contribution in [0.15, 0.2) is 23.1 Å². The van der Waals surface area contributed by atoms with Gasteiger partial charge in [0.15, 0.2) is 0 Å². The molecule has 0 heterocycles. The molecule has 17 heavy (non-hydrogen) atoms. The number of hydrogen-bond donors (Lipinski definition) is 2. The number of aryl methyl sites for hydroxylation is 1. The third-order valence-electron chi connectivity index (χ3n) is 2.52. The van der Waals surface area contributed by atoms with E-state index < -0.39 is 10.0 Å². The quantitative estimate of drug-likeness (QED) is 0.757. The van der Waals surface area contributed by atoms with Gasteiger partial charge in [0.25, 0.3) is 0 Å². The van der Waals surface area contributed by atoms with Crippen LogP contribution >= 0.6 is 0 Å². The molecule has 0 aliphatic rings. The van der Waals surface area contributed by atoms with E-state index in [2.05, 4.69) is 0 Å². The van der Waals surface area contributed by atoms with Gasteiger partial charge in [-0.1, -0.05) is 0 Å². The minimum Gasteiger partial charge on any atom is -0.399 e. The average molecular weight is 258 g/mol. The van der Waals surface area contributed by atoms with Gasteiger partial charge in [0.1, 0.15) is 0 Å². The lowest BCUT2D eigenvalue weighted by atomic mass is 10.2. The molecule has 5 nitrogen and oxygen atoms in total. The van der Waals surface area contributed by atoms with Crippen LogP contribution in [0.5, 0.6) is 0 Å². The summed E-state index contributed by atoms with van der Waals surface area (Å²) in [6, 6.07) is 4.71. The second-order valence-electron chi connectivity index (χ2n) is 3.93. The van der Waals surface area contributed by atoms with Gasteiger partial charge in [0, 0.05) is 25.9 Å². The zero-order valence-electron chi connectivity index (χ0n) is 10.0. The molecule has 0 atom stereocenters. The fourth-order valence-electron chi connectivity index (χ4n) is 1.54. The molecule has 1 rings (SSSR count). The van der Waals surface area contributed by atoms with Crippen LogP contribution in [-0.2, 0) is 10.0 Å². The summed E-state index contributed by atoms with van der Waals surface area (Å²) in [5.74, 6) is 0. The minimum atomic E-state index is -3.49. The Morgan fingerprint density at radius 3 is 2.59 bits per heavy atom. The Morgan fingerprint density at radius 2 is 2.06 bits per heavy atom. The zero-order chi connectivity index (χ0) is 13.1. The smallest absolute Gasteiger partial charge is 0.243 e. The predicted molar refractivity (Wildman–Crippen MR) is 67.1 cm³/mol. The number of anilines is 1. The van der Waals surface area contributed by atoms with Crippen molar-refractivity contribution in [3.8, 4) is 0 Å². The number of aliphatic hydroxyl groups is 1. The van der Waals surface area contributed by atoms with Crippen molar-refractivity contribution in [2.75, 3.05) is 25.9 Å². The lowest BCUT2D eigenvalue weighted by Gasteiger charge is -2.18. The first-order valence-electron chi connectivity index (χ1n) is 5.33. The number of sulfonamides is 1. The Kier molecular flexibility index (Phi) is 4.50. The zero-order valence-corrected chi connectivity index (χ0v) is 10.9. The molecule has 96 valence electrons. The van der Waals surface area contributed by atoms with Crippen LogP contribution in [0.4, 0.5) is 5.69 Å². The van der Waals surface area contributed by atoms with Crippen molar-refractivity contribution in [1.82, 2.24) is 4.31 Å². The summed E-state index contributed by atoms with van der Waals surface area (Å²) in [4.78, 5) is 0.257. The second-order valence-corrected chi connectivity index (χ2v) is 5.94. The van der Waals surface area contributed by atoms with Crippen molar-refractivity contribution in [2.24, 2.45) is 0 Å². The highest BCUT2D eigenvalue weighted by Gasteiger charge is 2.22. The topological polar surface area (TPSA) is 83.6 Å². The molecule has 1 aromatic carbocycles. The van der Waals surface area contributed by atoms with Gasteiger partial charge in [-0.15, -0.1) is 0 Å². The molecule has 0 unspecified atom stereocenters. The van der Waals surface area contributed by atoms with Crippen molar-refractivity contribution in [3.05, 3.63) is 23.8 Å². The number of nitrogens with zero attached hydrogens (tertiary/aromatic N) is 1. The van der Waals surface area contributed by atoms with E-state index in [1.807, 2.05) is 0 Å². The molecule has 0 radical (unpaired) electrons. The highest BCUT2D eigenvalue weighted by atomic mass is 32.2. The summed E-state index contributed by atoms with van der Waals surface area (Å²) in [5, 5.41) is 8.70. The van der Waals surface area contributed by atoms with E-state index >= 15 is 0 Å². The molecule has 0 saturated carbocycles. The monoisotopic (exact) mass is 258 g/mol. The predicted octanol–water partition coefficient (Wildman–Crippen LogP) is 0.580. The number of benzene rings is 1. The van der Waals surface area contributed by atoms with E-state index in [1.54, 1.807) is 19.1 Å². The molecule has 0 bridgehead atoms. The van der Waals surface area contributed by atoms with Gasteiger partial charge in [-0.2, -0.15) is 0 Å². The van der Waals surface area contributed by atoms with E-state index in [0.717, 1.165) is 0 Å². The largest absolute Gasteiger partial charge is 0.399 e. The van der Waals surface area contributed by atoms with Gasteiger partial charge >= 0.3 is 0 Å². The van der Waals surface area contributed by atoms with Crippen LogP contribution in [0.25, 0.3) is 0 Å². The first-order valence-corrected chi connectivity index (χ1v) is 6.77. The third kappa shape index (κ3) is 3.18. The molecule has 0 aliphatic carbocycles. The standard InChI is InChI=1S/C11H18N2O3S/c1-9-8-10(12)4-5-11(9)17(15,16)13(2)6-3-7-14/h4-5,8,14H,3,6-7,12H2,1-2H3. The van der Waals surface area contributed by atoms with Crippen LogP contribution in [0, 0.1) is 6.92 Å². The van der Waals surface area contributed by atoms with Gasteiger partial charge in [-0.25, -0.2) is 12.7 Å². The van der Waals surface area contributed by atoms with E-state index in [0.29, 0.717) is 24.2 Å². The number of nitrogen functional groups attached to an aromatic ring is 1. The lowest BCUT2D eigenvalue weighted by molar-refractivity contribution is 0.275. The first kappa shape index (κ1) is 14.0. The molecule has 0 saturated heterocycles. The average Bonchev–Trinajstić information content (AvgIpc) is 2.25. The number of rotatable bonds is 5. The highest BCUT2D eigenvalue weighted by molar-refractivity contribution is 7.89. The van der Waals surface area contributed by atoms with Gasteiger partial charge in [-0.3, -0.25) is 0 Å². The maximum Gasteiger partial charge on any atom is 0.243 e. The Balaban J connectivity index is 3.04. The normalized spacial score (nSPS) is 12.0. The molecule has 0 aromatic heterocycles. The van der Waals surface area contributed by atoms with Gasteiger partial charge in [-0.05, 0) is 37.1 Å². The van der Waals surface area contributed by atoms with Gasteiger partial charge in [0.05, 0.1) is 4.90 Å². The van der Waals surface area contributed by atoms with E-state index in [1.165, 1.54) is 17.4 Å². The summed E-state index contributed by atoms with van der Waals surface area (Å²) in [7, 11) is -1.99. The van der Waals surface area contributed by atoms with Crippen LogP contribution in [0.3, 0.4) is 0 Å². The van der Waals surface area contributed by atoms with Crippen LogP contribution in [0.1, 0.15) is 12.0 Å². The summed E-state index contributed by atoms with van der Waals surface area (Å²) >= 11 is 0. The fourth-order valence-corrected chi connectivity index (χ4v) is 2.95. The number of nitrogens with two attached hydrogens (primary N) is 1. The maximum absolute atomic E-state index is 12.2. The molecule has 0 aliphatic heterocycles. The van der Waals surface area contributed by atoms with Gasteiger partial charge in [0.2, 0.25) is 10.0 Å². The van der Waals surface area contributed by atoms with Crippen molar-refractivity contribution in [2.45, 2.75) is 18.2 Å². The Morgan fingerprint density at radius 1 is 1.41 bits per heavy atom. The summed E-state index contributed by atoms with van der Waals surface area (Å²) in [5.41, 5.74) is 6.75. The minimum absolute atomic E-state index is 0.0272. The van der Waals surface area contributed by atoms with Crippen LogP contribution < -0.4 is 5.73 Å². The van der Waals surface area contributed by atoms with Crippen molar-refractivity contribution in [1.29, 1.82) is 0 Å². The van der Waals surface area contributed by atoms with Crippen LogP contribution in [0.2, 0.25) is 0 Å². The Labute approximate surface area is 102 Å². The number of hydrogen-bond acceptors (Lipinski definition) is 4. The summed E-state index contributed by atoms with van der Waals surface area (Å²) < 4.78 is 25.6. The molecular weight excluding hydrogens is 240 g/mol. The Bertz CT molecular complexity index is 485. The summed E-state index contributed by atoms with van der Waals surface area (Å²) in [6.45, 7) is 1.98. The van der Waals surface area contributed by atoms with Gasteiger partial charge < -0.3 is 10.8 Å². The van der Waals surface area contributed by atoms with Crippen LogP contribution in [-0.4, -0.2) is 38.0 Å². The van der Waals surface area contributed by atoms with E-state index in [-0.39, 0.29) is 11.5 Å². The molecule has 0 amide bonds. The molecule has 1 aromatic rings.